The Morgan fingerprint density at radius 1 is 1.16 bits per heavy atom. The van der Waals surface area contributed by atoms with Crippen LogP contribution in [0.25, 0.3) is 0 Å². The molecule has 19 heavy (non-hydrogen) atoms. The van der Waals surface area contributed by atoms with Crippen LogP contribution in [-0.2, 0) is 0 Å². The minimum Gasteiger partial charge on any atom is -0.411 e. The van der Waals surface area contributed by atoms with E-state index in [0.717, 1.165) is 0 Å². The van der Waals surface area contributed by atoms with Gasteiger partial charge in [-0.1, -0.05) is 5.16 Å². The third kappa shape index (κ3) is 2.69. The molecule has 0 aliphatic carbocycles. The Labute approximate surface area is 107 Å². The third-order valence-corrected chi connectivity index (χ3v) is 2.99. The van der Waals surface area contributed by atoms with Crippen molar-refractivity contribution >= 4 is 11.6 Å². The second kappa shape index (κ2) is 5.29. The van der Waals surface area contributed by atoms with Gasteiger partial charge in [-0.15, -0.1) is 0 Å². The van der Waals surface area contributed by atoms with Crippen LogP contribution < -0.4 is 0 Å². The summed E-state index contributed by atoms with van der Waals surface area (Å²) in [7, 11) is 0. The number of carbonyl (C=O) groups is 1. The molecule has 1 aromatic carbocycles. The average Bonchev–Trinajstić information content (AvgIpc) is 2.37. The second-order valence-electron chi connectivity index (χ2n) is 4.20. The lowest BCUT2D eigenvalue weighted by Crippen LogP contribution is -2.39. The normalized spacial score (nSPS) is 15.5. The maximum absolute atomic E-state index is 13.5. The number of benzene rings is 1. The second-order valence-corrected chi connectivity index (χ2v) is 4.20. The van der Waals surface area contributed by atoms with Gasteiger partial charge in [0.1, 0.15) is 23.0 Å². The molecular weight excluding hydrogens is 261 g/mol. The highest BCUT2D eigenvalue weighted by Gasteiger charge is 2.26. The molecule has 1 aliphatic heterocycles. The Bertz CT molecular complexity index is 513. The fourth-order valence-electron chi connectivity index (χ4n) is 1.97. The molecule has 0 saturated carbocycles. The van der Waals surface area contributed by atoms with E-state index >= 15 is 0 Å². The van der Waals surface area contributed by atoms with E-state index in [9.17, 15) is 18.0 Å². The standard InChI is InChI=1S/C12H11F3N2O2/c13-7-5-9(14)11(10(15)6-7)12(18)17-3-1-8(16-19)2-4-17/h5-6,19H,1-4H2. The van der Waals surface area contributed by atoms with Gasteiger partial charge < -0.3 is 10.1 Å². The van der Waals surface area contributed by atoms with E-state index in [2.05, 4.69) is 5.16 Å². The van der Waals surface area contributed by atoms with Crippen molar-refractivity contribution in [2.75, 3.05) is 13.1 Å². The molecule has 0 unspecified atom stereocenters. The summed E-state index contributed by atoms with van der Waals surface area (Å²) >= 11 is 0. The van der Waals surface area contributed by atoms with Crippen molar-refractivity contribution in [3.05, 3.63) is 35.1 Å². The van der Waals surface area contributed by atoms with Crippen LogP contribution >= 0.6 is 0 Å². The van der Waals surface area contributed by atoms with E-state index in [1.54, 1.807) is 0 Å². The quantitative estimate of drug-likeness (QED) is 0.629. The minimum absolute atomic E-state index is 0.203. The highest BCUT2D eigenvalue weighted by Crippen LogP contribution is 2.19. The molecule has 1 fully saturated rings. The lowest BCUT2D eigenvalue weighted by atomic mass is 10.1. The van der Waals surface area contributed by atoms with E-state index in [1.165, 1.54) is 4.90 Å². The van der Waals surface area contributed by atoms with Gasteiger partial charge in [0, 0.05) is 38.1 Å². The van der Waals surface area contributed by atoms with Gasteiger partial charge >= 0.3 is 0 Å². The topological polar surface area (TPSA) is 52.9 Å². The molecule has 7 heteroatoms. The highest BCUT2D eigenvalue weighted by atomic mass is 19.1. The molecule has 0 atom stereocenters. The Balaban J connectivity index is 2.21. The molecule has 1 aliphatic rings. The predicted octanol–water partition coefficient (Wildman–Crippen LogP) is 2.17. The summed E-state index contributed by atoms with van der Waals surface area (Å²) in [6.45, 7) is 0.406. The molecule has 2 rings (SSSR count). The number of oxime groups is 1. The van der Waals surface area contributed by atoms with Crippen molar-refractivity contribution in [1.29, 1.82) is 0 Å². The van der Waals surface area contributed by atoms with Crippen LogP contribution in [0.4, 0.5) is 13.2 Å². The third-order valence-electron chi connectivity index (χ3n) is 2.99. The Morgan fingerprint density at radius 2 is 1.68 bits per heavy atom. The van der Waals surface area contributed by atoms with Crippen molar-refractivity contribution < 1.29 is 23.2 Å². The predicted molar refractivity (Wildman–Crippen MR) is 60.7 cm³/mol. The summed E-state index contributed by atoms with van der Waals surface area (Å²) in [6, 6.07) is 0.946. The molecule has 0 spiro atoms. The molecule has 0 radical (unpaired) electrons. The first-order valence-corrected chi connectivity index (χ1v) is 5.66. The number of carbonyl (C=O) groups excluding carboxylic acids is 1. The number of amides is 1. The minimum atomic E-state index is -1.22. The van der Waals surface area contributed by atoms with Gasteiger partial charge in [0.25, 0.3) is 5.91 Å². The number of likely N-dealkylation sites (tertiary alicyclic amines) is 1. The van der Waals surface area contributed by atoms with Gasteiger partial charge in [0.15, 0.2) is 0 Å². The van der Waals surface area contributed by atoms with E-state index in [0.29, 0.717) is 30.7 Å². The van der Waals surface area contributed by atoms with Gasteiger partial charge in [-0.2, -0.15) is 0 Å². The maximum atomic E-state index is 13.5. The monoisotopic (exact) mass is 272 g/mol. The summed E-state index contributed by atoms with van der Waals surface area (Å²) < 4.78 is 39.7. The van der Waals surface area contributed by atoms with Gasteiger partial charge in [0.05, 0.1) is 5.71 Å². The van der Waals surface area contributed by atoms with Crippen molar-refractivity contribution in [2.24, 2.45) is 5.16 Å². The van der Waals surface area contributed by atoms with E-state index in [1.807, 2.05) is 0 Å². The van der Waals surface area contributed by atoms with E-state index in [4.69, 9.17) is 5.21 Å². The zero-order chi connectivity index (χ0) is 14.0. The van der Waals surface area contributed by atoms with Gasteiger partial charge in [-0.25, -0.2) is 13.2 Å². The Morgan fingerprint density at radius 3 is 2.16 bits per heavy atom. The van der Waals surface area contributed by atoms with Gasteiger partial charge in [-0.3, -0.25) is 4.79 Å². The molecule has 1 saturated heterocycles. The lowest BCUT2D eigenvalue weighted by molar-refractivity contribution is 0.0743. The fraction of sp³-hybridized carbons (Fsp3) is 0.333. The Kier molecular flexibility index (Phi) is 3.73. The first kappa shape index (κ1) is 13.4. The number of rotatable bonds is 1. The Hall–Kier alpha value is -2.05. The lowest BCUT2D eigenvalue weighted by Gasteiger charge is -2.27. The number of hydrogen-bond acceptors (Lipinski definition) is 3. The summed E-state index contributed by atoms with van der Waals surface area (Å²) in [5, 5.41) is 11.6. The summed E-state index contributed by atoms with van der Waals surface area (Å²) in [5.74, 6) is -4.33. The first-order valence-electron chi connectivity index (χ1n) is 5.66. The SMILES string of the molecule is O=C(c1c(F)cc(F)cc1F)N1CCC(=NO)CC1. The molecule has 4 nitrogen and oxygen atoms in total. The van der Waals surface area contributed by atoms with E-state index in [-0.39, 0.29) is 13.1 Å². The number of piperidine rings is 1. The molecule has 1 amide bonds. The molecule has 0 bridgehead atoms. The largest absolute Gasteiger partial charge is 0.411 e. The van der Waals surface area contributed by atoms with Crippen LogP contribution in [0.1, 0.15) is 23.2 Å². The highest BCUT2D eigenvalue weighted by molar-refractivity contribution is 5.96. The van der Waals surface area contributed by atoms with Crippen molar-refractivity contribution in [2.45, 2.75) is 12.8 Å². The molecule has 1 aromatic rings. The number of halogens is 3. The number of nitrogens with zero attached hydrogens (tertiary/aromatic N) is 2. The summed E-state index contributed by atoms with van der Waals surface area (Å²) in [6.07, 6.45) is 0.680. The van der Waals surface area contributed by atoms with Gasteiger partial charge in [0.2, 0.25) is 0 Å². The van der Waals surface area contributed by atoms with Crippen LogP contribution in [0.5, 0.6) is 0 Å². The van der Waals surface area contributed by atoms with Crippen LogP contribution in [0, 0.1) is 17.5 Å². The molecule has 102 valence electrons. The molecular formula is C12H11F3N2O2. The first-order chi connectivity index (χ1) is 9.02. The molecule has 0 aromatic heterocycles. The zero-order valence-electron chi connectivity index (χ0n) is 9.87. The molecule has 1 heterocycles. The fourth-order valence-corrected chi connectivity index (χ4v) is 1.97. The maximum Gasteiger partial charge on any atom is 0.259 e. The smallest absolute Gasteiger partial charge is 0.259 e. The van der Waals surface area contributed by atoms with Crippen molar-refractivity contribution in [1.82, 2.24) is 4.90 Å². The summed E-state index contributed by atoms with van der Waals surface area (Å²) in [4.78, 5) is 13.2. The van der Waals surface area contributed by atoms with E-state index < -0.39 is 28.9 Å². The van der Waals surface area contributed by atoms with Crippen LogP contribution in [0.15, 0.2) is 17.3 Å². The van der Waals surface area contributed by atoms with Crippen LogP contribution in [-0.4, -0.2) is 34.8 Å². The van der Waals surface area contributed by atoms with Crippen molar-refractivity contribution in [3.63, 3.8) is 0 Å². The summed E-state index contributed by atoms with van der Waals surface area (Å²) in [5.41, 5.74) is -0.227. The van der Waals surface area contributed by atoms with Gasteiger partial charge in [-0.05, 0) is 0 Å². The van der Waals surface area contributed by atoms with Crippen LogP contribution in [0.3, 0.4) is 0 Å². The average molecular weight is 272 g/mol. The van der Waals surface area contributed by atoms with Crippen LogP contribution in [0.2, 0.25) is 0 Å². The molecule has 1 N–H and O–H groups in total. The van der Waals surface area contributed by atoms with Crippen molar-refractivity contribution in [3.8, 4) is 0 Å². The number of hydrogen-bond donors (Lipinski definition) is 1. The zero-order valence-corrected chi connectivity index (χ0v) is 9.87.